The zero-order valence-electron chi connectivity index (χ0n) is 14.1. The summed E-state index contributed by atoms with van der Waals surface area (Å²) in [4.78, 5) is 0. The molecule has 4 heteroatoms. The first-order valence-corrected chi connectivity index (χ1v) is 8.19. The van der Waals surface area contributed by atoms with Crippen molar-refractivity contribution in [2.45, 2.75) is 33.7 Å². The minimum absolute atomic E-state index is 0.112. The number of thiocarbonyl (C=S) groups is 1. The van der Waals surface area contributed by atoms with Crippen LogP contribution in [0.5, 0.6) is 5.75 Å². The molecule has 0 aliphatic carbocycles. The van der Waals surface area contributed by atoms with Crippen molar-refractivity contribution in [3.63, 3.8) is 0 Å². The van der Waals surface area contributed by atoms with Gasteiger partial charge >= 0.3 is 0 Å². The van der Waals surface area contributed by atoms with Gasteiger partial charge in [0.05, 0.1) is 6.04 Å². The Balaban J connectivity index is 1.84. The summed E-state index contributed by atoms with van der Waals surface area (Å²) in [7, 11) is 0. The normalized spacial score (nSPS) is 11.7. The van der Waals surface area contributed by atoms with Crippen LogP contribution in [-0.2, 0) is 0 Å². The Morgan fingerprint density at radius 2 is 1.74 bits per heavy atom. The SMILES string of the molecule is Cc1cc(C)cc(NC(=S)N[C@@H](C)COc2ccccc2C)c1. The van der Waals surface area contributed by atoms with Gasteiger partial charge in [-0.1, -0.05) is 24.3 Å². The summed E-state index contributed by atoms with van der Waals surface area (Å²) < 4.78 is 5.84. The van der Waals surface area contributed by atoms with Crippen molar-refractivity contribution in [2.75, 3.05) is 11.9 Å². The van der Waals surface area contributed by atoms with Crippen LogP contribution < -0.4 is 15.4 Å². The Bertz CT molecular complexity index is 665. The summed E-state index contributed by atoms with van der Waals surface area (Å²) in [5, 5.41) is 7.09. The van der Waals surface area contributed by atoms with Gasteiger partial charge in [-0.05, 0) is 74.8 Å². The Kier molecular flexibility index (Phi) is 5.99. The lowest BCUT2D eigenvalue weighted by atomic mass is 10.1. The molecule has 0 fully saturated rings. The van der Waals surface area contributed by atoms with E-state index in [9.17, 15) is 0 Å². The fourth-order valence-corrected chi connectivity index (χ4v) is 2.73. The van der Waals surface area contributed by atoms with E-state index in [1.54, 1.807) is 0 Å². The fraction of sp³-hybridized carbons (Fsp3) is 0.316. The molecule has 0 amide bonds. The molecule has 0 aliphatic heterocycles. The zero-order chi connectivity index (χ0) is 16.8. The van der Waals surface area contributed by atoms with Gasteiger partial charge in [0.15, 0.2) is 5.11 Å². The van der Waals surface area contributed by atoms with Crippen LogP contribution in [0.15, 0.2) is 42.5 Å². The van der Waals surface area contributed by atoms with Crippen molar-refractivity contribution in [3.8, 4) is 5.75 Å². The number of para-hydroxylation sites is 1. The van der Waals surface area contributed by atoms with E-state index in [1.165, 1.54) is 11.1 Å². The van der Waals surface area contributed by atoms with Crippen molar-refractivity contribution >= 4 is 23.0 Å². The van der Waals surface area contributed by atoms with Gasteiger partial charge in [0, 0.05) is 5.69 Å². The monoisotopic (exact) mass is 328 g/mol. The number of aryl methyl sites for hydroxylation is 3. The highest BCUT2D eigenvalue weighted by Gasteiger charge is 2.07. The minimum atomic E-state index is 0.112. The van der Waals surface area contributed by atoms with Gasteiger partial charge in [0.25, 0.3) is 0 Å². The third-order valence-corrected chi connectivity index (χ3v) is 3.66. The van der Waals surface area contributed by atoms with Crippen molar-refractivity contribution in [1.29, 1.82) is 0 Å². The molecule has 0 spiro atoms. The molecule has 2 aromatic rings. The van der Waals surface area contributed by atoms with Gasteiger partial charge in [-0.2, -0.15) is 0 Å². The van der Waals surface area contributed by atoms with Crippen molar-refractivity contribution in [2.24, 2.45) is 0 Å². The summed E-state index contributed by atoms with van der Waals surface area (Å²) in [6, 6.07) is 14.4. The predicted molar refractivity (Wildman–Crippen MR) is 101 cm³/mol. The van der Waals surface area contributed by atoms with E-state index in [0.29, 0.717) is 11.7 Å². The molecule has 0 aromatic heterocycles. The van der Waals surface area contributed by atoms with Gasteiger partial charge < -0.3 is 15.4 Å². The van der Waals surface area contributed by atoms with Gasteiger partial charge in [0.1, 0.15) is 12.4 Å². The molecule has 0 saturated heterocycles. The van der Waals surface area contributed by atoms with E-state index in [2.05, 4.69) is 42.7 Å². The molecule has 0 aliphatic rings. The maximum atomic E-state index is 5.84. The van der Waals surface area contributed by atoms with Gasteiger partial charge in [-0.15, -0.1) is 0 Å². The summed E-state index contributed by atoms with van der Waals surface area (Å²) in [6.45, 7) is 8.80. The van der Waals surface area contributed by atoms with Crippen LogP contribution in [0.3, 0.4) is 0 Å². The van der Waals surface area contributed by atoms with E-state index in [-0.39, 0.29) is 6.04 Å². The number of hydrogen-bond acceptors (Lipinski definition) is 2. The highest BCUT2D eigenvalue weighted by molar-refractivity contribution is 7.80. The lowest BCUT2D eigenvalue weighted by Crippen LogP contribution is -2.39. The maximum Gasteiger partial charge on any atom is 0.171 e. The number of ether oxygens (including phenoxy) is 1. The molecular formula is C19H24N2OS. The maximum absolute atomic E-state index is 5.84. The molecule has 2 N–H and O–H groups in total. The number of hydrogen-bond donors (Lipinski definition) is 2. The van der Waals surface area contributed by atoms with Crippen LogP contribution in [-0.4, -0.2) is 17.8 Å². The summed E-state index contributed by atoms with van der Waals surface area (Å²) in [5.41, 5.74) is 4.57. The number of benzene rings is 2. The van der Waals surface area contributed by atoms with Crippen LogP contribution in [0.4, 0.5) is 5.69 Å². The minimum Gasteiger partial charge on any atom is -0.491 e. The third-order valence-electron chi connectivity index (χ3n) is 3.44. The highest BCUT2D eigenvalue weighted by Crippen LogP contribution is 2.16. The zero-order valence-corrected chi connectivity index (χ0v) is 15.0. The molecule has 2 aromatic carbocycles. The predicted octanol–water partition coefficient (Wildman–Crippen LogP) is 4.37. The van der Waals surface area contributed by atoms with Crippen molar-refractivity contribution in [1.82, 2.24) is 5.32 Å². The smallest absolute Gasteiger partial charge is 0.171 e. The Morgan fingerprint density at radius 1 is 1.09 bits per heavy atom. The molecule has 23 heavy (non-hydrogen) atoms. The van der Waals surface area contributed by atoms with E-state index in [1.807, 2.05) is 38.1 Å². The van der Waals surface area contributed by atoms with E-state index in [4.69, 9.17) is 17.0 Å². The van der Waals surface area contributed by atoms with Gasteiger partial charge in [-0.25, -0.2) is 0 Å². The van der Waals surface area contributed by atoms with Crippen LogP contribution >= 0.6 is 12.2 Å². The van der Waals surface area contributed by atoms with Crippen LogP contribution in [0, 0.1) is 20.8 Å². The lowest BCUT2D eigenvalue weighted by molar-refractivity contribution is 0.285. The van der Waals surface area contributed by atoms with Crippen molar-refractivity contribution < 1.29 is 4.74 Å². The molecule has 1 atom stereocenters. The number of rotatable bonds is 5. The number of anilines is 1. The molecule has 2 rings (SSSR count). The van der Waals surface area contributed by atoms with Crippen LogP contribution in [0.1, 0.15) is 23.6 Å². The topological polar surface area (TPSA) is 33.3 Å². The first kappa shape index (κ1) is 17.3. The molecule has 0 unspecified atom stereocenters. The van der Waals surface area contributed by atoms with Gasteiger partial charge in [-0.3, -0.25) is 0 Å². The number of nitrogens with one attached hydrogen (secondary N) is 2. The Labute approximate surface area is 144 Å². The second kappa shape index (κ2) is 7.97. The lowest BCUT2D eigenvalue weighted by Gasteiger charge is -2.18. The average Bonchev–Trinajstić information content (AvgIpc) is 2.45. The summed E-state index contributed by atoms with van der Waals surface area (Å²) >= 11 is 5.38. The molecular weight excluding hydrogens is 304 g/mol. The summed E-state index contributed by atoms with van der Waals surface area (Å²) in [5.74, 6) is 0.911. The van der Waals surface area contributed by atoms with E-state index < -0.39 is 0 Å². The second-order valence-electron chi connectivity index (χ2n) is 5.95. The molecule has 122 valence electrons. The van der Waals surface area contributed by atoms with E-state index >= 15 is 0 Å². The Hall–Kier alpha value is -2.07. The Morgan fingerprint density at radius 3 is 2.39 bits per heavy atom. The van der Waals surface area contributed by atoms with Crippen molar-refractivity contribution in [3.05, 3.63) is 59.2 Å². The average molecular weight is 328 g/mol. The molecule has 0 bridgehead atoms. The molecule has 3 nitrogen and oxygen atoms in total. The first-order valence-electron chi connectivity index (χ1n) is 7.78. The van der Waals surface area contributed by atoms with E-state index in [0.717, 1.165) is 17.0 Å². The second-order valence-corrected chi connectivity index (χ2v) is 6.36. The van der Waals surface area contributed by atoms with Gasteiger partial charge in [0.2, 0.25) is 0 Å². The molecule has 0 radical (unpaired) electrons. The largest absolute Gasteiger partial charge is 0.491 e. The first-order chi connectivity index (χ1) is 10.9. The third kappa shape index (κ3) is 5.57. The quantitative estimate of drug-likeness (QED) is 0.799. The van der Waals surface area contributed by atoms with Crippen LogP contribution in [0.25, 0.3) is 0 Å². The molecule has 0 saturated carbocycles. The highest BCUT2D eigenvalue weighted by atomic mass is 32.1. The standard InChI is InChI=1S/C19H24N2OS/c1-13-9-14(2)11-17(10-13)21-19(23)20-16(4)12-22-18-8-6-5-7-15(18)3/h5-11,16H,12H2,1-4H3,(H2,20,21,23)/t16-/m0/s1. The van der Waals surface area contributed by atoms with Crippen LogP contribution in [0.2, 0.25) is 0 Å². The summed E-state index contributed by atoms with van der Waals surface area (Å²) in [6.07, 6.45) is 0. The molecule has 0 heterocycles. The fourth-order valence-electron chi connectivity index (χ4n) is 2.41.